The van der Waals surface area contributed by atoms with E-state index < -0.39 is 15.3 Å². The zero-order valence-electron chi connectivity index (χ0n) is 11.2. The van der Waals surface area contributed by atoms with Crippen molar-refractivity contribution in [2.75, 3.05) is 19.6 Å². The minimum atomic E-state index is -3.18. The molecule has 1 heterocycles. The second kappa shape index (κ2) is 6.16. The van der Waals surface area contributed by atoms with Crippen LogP contribution < -0.4 is 5.73 Å². The Morgan fingerprint density at radius 3 is 2.41 bits per heavy atom. The smallest absolute Gasteiger partial charge is 0.217 e. The first-order valence-corrected chi connectivity index (χ1v) is 8.09. The van der Waals surface area contributed by atoms with Crippen LogP contribution in [0.1, 0.15) is 40.0 Å². The summed E-state index contributed by atoms with van der Waals surface area (Å²) in [4.78, 5) is 0. The minimum absolute atomic E-state index is 0.201. The van der Waals surface area contributed by atoms with Crippen LogP contribution in [0.3, 0.4) is 0 Å². The monoisotopic (exact) mass is 262 g/mol. The number of rotatable bonds is 4. The van der Waals surface area contributed by atoms with Crippen molar-refractivity contribution in [2.45, 2.75) is 45.3 Å². The van der Waals surface area contributed by atoms with Crippen LogP contribution in [0.4, 0.5) is 0 Å². The summed E-state index contributed by atoms with van der Waals surface area (Å²) < 4.78 is 26.0. The topological polar surface area (TPSA) is 63.4 Å². The normalized spacial score (nSPS) is 25.8. The van der Waals surface area contributed by atoms with Gasteiger partial charge in [-0.1, -0.05) is 13.8 Å². The van der Waals surface area contributed by atoms with Crippen molar-refractivity contribution in [3.63, 3.8) is 0 Å². The fourth-order valence-electron chi connectivity index (χ4n) is 2.39. The molecule has 0 radical (unpaired) electrons. The van der Waals surface area contributed by atoms with Gasteiger partial charge in [-0.2, -0.15) is 0 Å². The van der Waals surface area contributed by atoms with Gasteiger partial charge >= 0.3 is 0 Å². The Kier molecular flexibility index (Phi) is 5.41. The van der Waals surface area contributed by atoms with Crippen molar-refractivity contribution < 1.29 is 8.42 Å². The summed E-state index contributed by atoms with van der Waals surface area (Å²) >= 11 is 0. The Morgan fingerprint density at radius 2 is 1.88 bits per heavy atom. The van der Waals surface area contributed by atoms with Gasteiger partial charge in [0.1, 0.15) is 0 Å². The molecule has 0 aliphatic carbocycles. The van der Waals surface area contributed by atoms with Crippen molar-refractivity contribution in [1.29, 1.82) is 0 Å². The first kappa shape index (κ1) is 14.9. The fourth-order valence-corrected chi connectivity index (χ4v) is 3.89. The highest BCUT2D eigenvalue weighted by molar-refractivity contribution is 7.89. The van der Waals surface area contributed by atoms with Gasteiger partial charge in [0.25, 0.3) is 0 Å². The molecule has 102 valence electrons. The van der Waals surface area contributed by atoms with Crippen LogP contribution in [0.2, 0.25) is 0 Å². The molecule has 4 nitrogen and oxygen atoms in total. The summed E-state index contributed by atoms with van der Waals surface area (Å²) in [6, 6.07) is 0. The summed E-state index contributed by atoms with van der Waals surface area (Å²) in [7, 11) is -3.18. The summed E-state index contributed by atoms with van der Waals surface area (Å²) in [5, 5.41) is -0.460. The third kappa shape index (κ3) is 3.66. The van der Waals surface area contributed by atoms with Gasteiger partial charge in [-0.3, -0.25) is 0 Å². The summed E-state index contributed by atoms with van der Waals surface area (Å²) in [6.07, 6.45) is 3.09. The molecule has 1 fully saturated rings. The molecule has 0 spiro atoms. The van der Waals surface area contributed by atoms with Crippen LogP contribution in [0.5, 0.6) is 0 Å². The fraction of sp³-hybridized carbons (Fsp3) is 1.00. The molecule has 0 amide bonds. The van der Waals surface area contributed by atoms with Gasteiger partial charge in [0.2, 0.25) is 10.0 Å². The molecule has 2 atom stereocenters. The third-order valence-corrected chi connectivity index (χ3v) is 6.17. The standard InChI is InChI=1S/C12H26N2O2S/c1-10(2)12-5-4-7-14(8-6-12)17(15,16)11(3)9-13/h10-12H,4-9,13H2,1-3H3. The first-order chi connectivity index (χ1) is 7.89. The third-order valence-electron chi connectivity index (χ3n) is 3.87. The van der Waals surface area contributed by atoms with Gasteiger partial charge in [-0.25, -0.2) is 12.7 Å². The van der Waals surface area contributed by atoms with Crippen LogP contribution in [0, 0.1) is 11.8 Å². The highest BCUT2D eigenvalue weighted by Gasteiger charge is 2.30. The van der Waals surface area contributed by atoms with Crippen molar-refractivity contribution in [3.05, 3.63) is 0 Å². The van der Waals surface area contributed by atoms with Crippen LogP contribution >= 0.6 is 0 Å². The molecular formula is C12H26N2O2S. The molecule has 0 saturated carbocycles. The van der Waals surface area contributed by atoms with E-state index in [1.807, 2.05) is 0 Å². The van der Waals surface area contributed by atoms with E-state index in [2.05, 4.69) is 13.8 Å². The molecule has 17 heavy (non-hydrogen) atoms. The van der Waals surface area contributed by atoms with E-state index in [4.69, 9.17) is 5.73 Å². The molecule has 0 aromatic heterocycles. The Bertz CT molecular complexity index is 327. The van der Waals surface area contributed by atoms with Gasteiger partial charge < -0.3 is 5.73 Å². The molecular weight excluding hydrogens is 236 g/mol. The number of hydrogen-bond acceptors (Lipinski definition) is 3. The second-order valence-electron chi connectivity index (χ2n) is 5.43. The van der Waals surface area contributed by atoms with Crippen molar-refractivity contribution in [1.82, 2.24) is 4.31 Å². The molecule has 1 saturated heterocycles. The highest BCUT2D eigenvalue weighted by Crippen LogP contribution is 2.26. The largest absolute Gasteiger partial charge is 0.329 e. The molecule has 1 aliphatic rings. The SMILES string of the molecule is CC(C)C1CCCN(S(=O)(=O)C(C)CN)CC1. The molecule has 5 heteroatoms. The predicted octanol–water partition coefficient (Wildman–Crippen LogP) is 1.42. The lowest BCUT2D eigenvalue weighted by Crippen LogP contribution is -2.41. The lowest BCUT2D eigenvalue weighted by Gasteiger charge is -2.24. The lowest BCUT2D eigenvalue weighted by molar-refractivity contribution is 0.340. The maximum absolute atomic E-state index is 12.2. The summed E-state index contributed by atoms with van der Waals surface area (Å²) in [6.45, 7) is 7.66. The predicted molar refractivity (Wildman–Crippen MR) is 71.2 cm³/mol. The average molecular weight is 262 g/mol. The molecule has 0 aromatic rings. The number of hydrogen-bond donors (Lipinski definition) is 1. The molecule has 2 N–H and O–H groups in total. The summed E-state index contributed by atoms with van der Waals surface area (Å²) in [5.41, 5.74) is 5.47. The minimum Gasteiger partial charge on any atom is -0.329 e. The maximum Gasteiger partial charge on any atom is 0.217 e. The Morgan fingerprint density at radius 1 is 1.24 bits per heavy atom. The summed E-state index contributed by atoms with van der Waals surface area (Å²) in [5.74, 6) is 1.30. The Balaban J connectivity index is 2.69. The first-order valence-electron chi connectivity index (χ1n) is 6.58. The van der Waals surface area contributed by atoms with Crippen LogP contribution in [0.15, 0.2) is 0 Å². The lowest BCUT2D eigenvalue weighted by atomic mass is 9.89. The van der Waals surface area contributed by atoms with E-state index in [0.29, 0.717) is 24.9 Å². The van der Waals surface area contributed by atoms with Gasteiger partial charge in [0, 0.05) is 19.6 Å². The second-order valence-corrected chi connectivity index (χ2v) is 7.78. The van der Waals surface area contributed by atoms with E-state index in [1.165, 1.54) is 0 Å². The molecule has 0 aromatic carbocycles. The van der Waals surface area contributed by atoms with Crippen molar-refractivity contribution in [3.8, 4) is 0 Å². The maximum atomic E-state index is 12.2. The molecule has 1 aliphatic heterocycles. The van der Waals surface area contributed by atoms with E-state index in [0.717, 1.165) is 19.3 Å². The zero-order chi connectivity index (χ0) is 13.1. The van der Waals surface area contributed by atoms with E-state index in [9.17, 15) is 8.42 Å². The number of nitrogens with zero attached hydrogens (tertiary/aromatic N) is 1. The molecule has 0 bridgehead atoms. The average Bonchev–Trinajstić information content (AvgIpc) is 2.53. The highest BCUT2D eigenvalue weighted by atomic mass is 32.2. The van der Waals surface area contributed by atoms with E-state index in [1.54, 1.807) is 11.2 Å². The van der Waals surface area contributed by atoms with Gasteiger partial charge in [0.15, 0.2) is 0 Å². The van der Waals surface area contributed by atoms with Crippen molar-refractivity contribution in [2.24, 2.45) is 17.6 Å². The van der Waals surface area contributed by atoms with E-state index >= 15 is 0 Å². The van der Waals surface area contributed by atoms with Gasteiger partial charge in [0.05, 0.1) is 5.25 Å². The van der Waals surface area contributed by atoms with Crippen LogP contribution in [-0.2, 0) is 10.0 Å². The van der Waals surface area contributed by atoms with E-state index in [-0.39, 0.29) is 6.54 Å². The van der Waals surface area contributed by atoms with Crippen LogP contribution in [-0.4, -0.2) is 37.6 Å². The number of nitrogens with two attached hydrogens (primary N) is 1. The van der Waals surface area contributed by atoms with Gasteiger partial charge in [-0.05, 0) is 38.0 Å². The zero-order valence-corrected chi connectivity index (χ0v) is 12.0. The molecule has 1 rings (SSSR count). The molecule has 2 unspecified atom stereocenters. The Hall–Kier alpha value is -0.130. The quantitative estimate of drug-likeness (QED) is 0.833. The Labute approximate surface area is 106 Å². The van der Waals surface area contributed by atoms with Crippen LogP contribution in [0.25, 0.3) is 0 Å². The van der Waals surface area contributed by atoms with Crippen molar-refractivity contribution >= 4 is 10.0 Å². The van der Waals surface area contributed by atoms with Gasteiger partial charge in [-0.15, -0.1) is 0 Å². The number of sulfonamides is 1.